The van der Waals surface area contributed by atoms with Gasteiger partial charge in [-0.1, -0.05) is 5.92 Å². The first-order valence-corrected chi connectivity index (χ1v) is 4.39. The molecule has 1 heterocycles. The lowest BCUT2D eigenvalue weighted by molar-refractivity contribution is 0.116. The first kappa shape index (κ1) is 10.3. The number of aromatic nitrogens is 2. The summed E-state index contributed by atoms with van der Waals surface area (Å²) in [5, 5.41) is 6.74. The van der Waals surface area contributed by atoms with E-state index in [1.165, 1.54) is 0 Å². The quantitative estimate of drug-likeness (QED) is 0.730. The summed E-state index contributed by atoms with van der Waals surface area (Å²) in [5.41, 5.74) is 1.25. The molecule has 16 heavy (non-hydrogen) atoms. The fourth-order valence-corrected chi connectivity index (χ4v) is 1.15. The summed E-state index contributed by atoms with van der Waals surface area (Å²) >= 11 is 0. The van der Waals surface area contributed by atoms with Crippen molar-refractivity contribution in [1.29, 1.82) is 0 Å². The van der Waals surface area contributed by atoms with Crippen molar-refractivity contribution in [3.8, 4) is 23.8 Å². The second-order valence-electron chi connectivity index (χ2n) is 2.97. The van der Waals surface area contributed by atoms with Crippen LogP contribution in [0.3, 0.4) is 0 Å². The number of rotatable bonds is 2. The van der Waals surface area contributed by atoms with E-state index in [-0.39, 0.29) is 5.89 Å². The van der Waals surface area contributed by atoms with Crippen LogP contribution in [0.2, 0.25) is 0 Å². The van der Waals surface area contributed by atoms with Crippen LogP contribution in [0.25, 0.3) is 11.5 Å². The smallest absolute Gasteiger partial charge is 0.314 e. The number of benzene rings is 1. The molecule has 0 aliphatic rings. The van der Waals surface area contributed by atoms with Crippen LogP contribution in [-0.2, 0) is 0 Å². The lowest BCUT2D eigenvalue weighted by atomic mass is 10.1. The van der Waals surface area contributed by atoms with Gasteiger partial charge in [0, 0.05) is 11.1 Å². The number of nitrogens with zero attached hydrogens (tertiary/aromatic N) is 2. The third-order valence-electron chi connectivity index (χ3n) is 1.93. The molecule has 0 spiro atoms. The standard InChI is InChI=1S/C11H6F2N2O/c1-2-7-3-5-8(6-4-7)10-14-15-11(16-10)9(12)13/h1,3-6,9H. The highest BCUT2D eigenvalue weighted by Crippen LogP contribution is 2.23. The van der Waals surface area contributed by atoms with Gasteiger partial charge in [0.25, 0.3) is 5.89 Å². The first-order valence-electron chi connectivity index (χ1n) is 4.39. The monoisotopic (exact) mass is 220 g/mol. The van der Waals surface area contributed by atoms with E-state index in [9.17, 15) is 8.78 Å². The molecule has 5 heteroatoms. The molecule has 1 aromatic carbocycles. The van der Waals surface area contributed by atoms with Gasteiger partial charge in [0.2, 0.25) is 5.89 Å². The van der Waals surface area contributed by atoms with Gasteiger partial charge >= 0.3 is 6.43 Å². The predicted molar refractivity (Wildman–Crippen MR) is 52.6 cm³/mol. The number of hydrogen-bond acceptors (Lipinski definition) is 3. The van der Waals surface area contributed by atoms with Crippen molar-refractivity contribution in [3.63, 3.8) is 0 Å². The number of alkyl halides is 2. The maximum atomic E-state index is 12.2. The molecule has 80 valence electrons. The second kappa shape index (κ2) is 4.11. The van der Waals surface area contributed by atoms with Gasteiger partial charge in [-0.3, -0.25) is 0 Å². The van der Waals surface area contributed by atoms with Crippen molar-refractivity contribution < 1.29 is 13.2 Å². The Hall–Kier alpha value is -2.22. The largest absolute Gasteiger partial charge is 0.415 e. The van der Waals surface area contributed by atoms with Crippen LogP contribution in [-0.4, -0.2) is 10.2 Å². The number of hydrogen-bond donors (Lipinski definition) is 0. The Morgan fingerprint density at radius 1 is 1.19 bits per heavy atom. The van der Waals surface area contributed by atoms with Gasteiger partial charge in [-0.05, 0) is 24.3 Å². The van der Waals surface area contributed by atoms with Gasteiger partial charge in [0.1, 0.15) is 0 Å². The van der Waals surface area contributed by atoms with Crippen molar-refractivity contribution >= 4 is 0 Å². The predicted octanol–water partition coefficient (Wildman–Crippen LogP) is 2.66. The summed E-state index contributed by atoms with van der Waals surface area (Å²) in [5.74, 6) is 1.81. The topological polar surface area (TPSA) is 38.9 Å². The Morgan fingerprint density at radius 2 is 1.88 bits per heavy atom. The van der Waals surface area contributed by atoms with E-state index < -0.39 is 12.3 Å². The van der Waals surface area contributed by atoms with E-state index in [0.717, 1.165) is 0 Å². The Bertz CT molecular complexity index is 526. The van der Waals surface area contributed by atoms with E-state index in [4.69, 9.17) is 10.8 Å². The van der Waals surface area contributed by atoms with E-state index in [1.807, 2.05) is 0 Å². The molecule has 0 amide bonds. The third-order valence-corrected chi connectivity index (χ3v) is 1.93. The SMILES string of the molecule is C#Cc1ccc(-c2nnc(C(F)F)o2)cc1. The molecule has 1 aromatic heterocycles. The van der Waals surface area contributed by atoms with Crippen molar-refractivity contribution in [1.82, 2.24) is 10.2 Å². The van der Waals surface area contributed by atoms with Crippen LogP contribution in [0.15, 0.2) is 28.7 Å². The van der Waals surface area contributed by atoms with Crippen LogP contribution < -0.4 is 0 Å². The molecule has 0 saturated heterocycles. The zero-order valence-corrected chi connectivity index (χ0v) is 8.02. The molecular formula is C11H6F2N2O. The highest BCUT2D eigenvalue weighted by Gasteiger charge is 2.16. The van der Waals surface area contributed by atoms with Gasteiger partial charge in [0.05, 0.1) is 0 Å². The Labute approximate surface area is 90.1 Å². The van der Waals surface area contributed by atoms with Gasteiger partial charge in [-0.15, -0.1) is 16.6 Å². The van der Waals surface area contributed by atoms with E-state index >= 15 is 0 Å². The fraction of sp³-hybridized carbons (Fsp3) is 0.0909. The fourth-order valence-electron chi connectivity index (χ4n) is 1.15. The summed E-state index contributed by atoms with van der Waals surface area (Å²) in [6.07, 6.45) is 2.42. The van der Waals surface area contributed by atoms with Gasteiger partial charge in [-0.2, -0.15) is 8.78 Å². The lowest BCUT2D eigenvalue weighted by Crippen LogP contribution is -1.81. The second-order valence-corrected chi connectivity index (χ2v) is 2.97. The molecule has 2 rings (SSSR count). The summed E-state index contributed by atoms with van der Waals surface area (Å²) in [7, 11) is 0. The Morgan fingerprint density at radius 3 is 2.38 bits per heavy atom. The zero-order chi connectivity index (χ0) is 11.5. The van der Waals surface area contributed by atoms with Gasteiger partial charge < -0.3 is 4.42 Å². The zero-order valence-electron chi connectivity index (χ0n) is 8.02. The molecule has 0 bridgehead atoms. The van der Waals surface area contributed by atoms with Crippen molar-refractivity contribution in [2.75, 3.05) is 0 Å². The molecule has 2 aromatic rings. The van der Waals surface area contributed by atoms with Gasteiger partial charge in [-0.25, -0.2) is 0 Å². The van der Waals surface area contributed by atoms with Crippen molar-refractivity contribution in [2.24, 2.45) is 0 Å². The average Bonchev–Trinajstić information content (AvgIpc) is 2.78. The third kappa shape index (κ3) is 1.91. The van der Waals surface area contributed by atoms with E-state index in [1.54, 1.807) is 24.3 Å². The minimum Gasteiger partial charge on any atom is -0.415 e. The number of halogens is 2. The minimum atomic E-state index is -2.76. The summed E-state index contributed by atoms with van der Waals surface area (Å²) in [6, 6.07) is 6.61. The molecule has 0 aliphatic heterocycles. The van der Waals surface area contributed by atoms with E-state index in [0.29, 0.717) is 11.1 Å². The number of terminal acetylenes is 1. The molecule has 0 fully saturated rings. The van der Waals surface area contributed by atoms with Crippen LogP contribution in [0.1, 0.15) is 17.9 Å². The van der Waals surface area contributed by atoms with Gasteiger partial charge in [0.15, 0.2) is 0 Å². The Balaban J connectivity index is 2.32. The van der Waals surface area contributed by atoms with Crippen molar-refractivity contribution in [2.45, 2.75) is 6.43 Å². The summed E-state index contributed by atoms with van der Waals surface area (Å²) < 4.78 is 29.2. The minimum absolute atomic E-state index is 0.0545. The maximum absolute atomic E-state index is 12.2. The molecule has 0 saturated carbocycles. The highest BCUT2D eigenvalue weighted by molar-refractivity contribution is 5.54. The molecule has 3 nitrogen and oxygen atoms in total. The van der Waals surface area contributed by atoms with E-state index in [2.05, 4.69) is 16.1 Å². The molecule has 0 N–H and O–H groups in total. The van der Waals surface area contributed by atoms with Crippen LogP contribution in [0.4, 0.5) is 8.78 Å². The first-order chi connectivity index (χ1) is 7.70. The van der Waals surface area contributed by atoms with Crippen molar-refractivity contribution in [3.05, 3.63) is 35.7 Å². The van der Waals surface area contributed by atoms with Crippen LogP contribution in [0, 0.1) is 12.3 Å². The average molecular weight is 220 g/mol. The highest BCUT2D eigenvalue weighted by atomic mass is 19.3. The van der Waals surface area contributed by atoms with Crippen LogP contribution in [0.5, 0.6) is 0 Å². The maximum Gasteiger partial charge on any atom is 0.314 e. The Kier molecular flexibility index (Phi) is 2.64. The lowest BCUT2D eigenvalue weighted by Gasteiger charge is -1.94. The molecular weight excluding hydrogens is 214 g/mol. The van der Waals surface area contributed by atoms with Crippen LogP contribution >= 0.6 is 0 Å². The normalized spacial score (nSPS) is 10.4. The molecule has 0 radical (unpaired) electrons. The molecule has 0 unspecified atom stereocenters. The molecule has 0 atom stereocenters. The summed E-state index contributed by atoms with van der Waals surface area (Å²) in [4.78, 5) is 0. The molecule has 0 aliphatic carbocycles. The summed E-state index contributed by atoms with van der Waals surface area (Å²) in [6.45, 7) is 0.